The average Bonchev–Trinajstić information content (AvgIpc) is 3.02. The maximum Gasteiger partial charge on any atom is 0.135 e. The standard InChI is InChI=1S/C23H16N2O/c26-19-13-18(14-24-15-19)25-22-9-5-4-8-20(22)21-12-17(10-11-23(21)25)16-6-2-1-3-7-16/h1-15,26H. The third kappa shape index (κ3) is 2.25. The summed E-state index contributed by atoms with van der Waals surface area (Å²) in [5.74, 6) is 0.161. The van der Waals surface area contributed by atoms with Crippen LogP contribution in [0.25, 0.3) is 38.6 Å². The molecule has 0 radical (unpaired) electrons. The maximum atomic E-state index is 9.87. The van der Waals surface area contributed by atoms with E-state index in [0.29, 0.717) is 0 Å². The molecule has 0 aliphatic heterocycles. The summed E-state index contributed by atoms with van der Waals surface area (Å²) >= 11 is 0. The third-order valence-corrected chi connectivity index (χ3v) is 4.75. The van der Waals surface area contributed by atoms with Crippen LogP contribution in [0.3, 0.4) is 0 Å². The highest BCUT2D eigenvalue weighted by Crippen LogP contribution is 2.35. The Morgan fingerprint density at radius 1 is 0.654 bits per heavy atom. The quantitative estimate of drug-likeness (QED) is 0.459. The molecule has 26 heavy (non-hydrogen) atoms. The molecule has 2 heterocycles. The summed E-state index contributed by atoms with van der Waals surface area (Å²) in [7, 11) is 0. The molecule has 3 heteroatoms. The van der Waals surface area contributed by atoms with Crippen LogP contribution in [0, 0.1) is 0 Å². The first kappa shape index (κ1) is 14.7. The molecule has 0 aliphatic carbocycles. The van der Waals surface area contributed by atoms with Crippen molar-refractivity contribution in [3.05, 3.63) is 91.3 Å². The van der Waals surface area contributed by atoms with E-state index in [4.69, 9.17) is 0 Å². The lowest BCUT2D eigenvalue weighted by atomic mass is 10.0. The van der Waals surface area contributed by atoms with Gasteiger partial charge in [-0.3, -0.25) is 4.98 Å². The number of hydrogen-bond donors (Lipinski definition) is 1. The largest absolute Gasteiger partial charge is 0.506 e. The zero-order chi connectivity index (χ0) is 17.5. The smallest absolute Gasteiger partial charge is 0.135 e. The molecule has 0 atom stereocenters. The fourth-order valence-electron chi connectivity index (χ4n) is 3.60. The molecule has 3 aromatic carbocycles. The minimum absolute atomic E-state index is 0.161. The van der Waals surface area contributed by atoms with Crippen LogP contribution in [0.4, 0.5) is 0 Å². The predicted molar refractivity (Wildman–Crippen MR) is 106 cm³/mol. The van der Waals surface area contributed by atoms with Gasteiger partial charge < -0.3 is 9.67 Å². The zero-order valence-electron chi connectivity index (χ0n) is 14.0. The summed E-state index contributed by atoms with van der Waals surface area (Å²) in [5, 5.41) is 12.2. The number of para-hydroxylation sites is 1. The first-order valence-corrected chi connectivity index (χ1v) is 8.54. The molecule has 5 aromatic rings. The Balaban J connectivity index is 1.85. The maximum absolute atomic E-state index is 9.87. The van der Waals surface area contributed by atoms with Gasteiger partial charge in [-0.25, -0.2) is 0 Å². The molecular weight excluding hydrogens is 320 g/mol. The van der Waals surface area contributed by atoms with Gasteiger partial charge in [-0.15, -0.1) is 0 Å². The van der Waals surface area contributed by atoms with Gasteiger partial charge in [0.05, 0.1) is 29.1 Å². The fourth-order valence-corrected chi connectivity index (χ4v) is 3.60. The Hall–Kier alpha value is -3.59. The van der Waals surface area contributed by atoms with Crippen LogP contribution < -0.4 is 0 Å². The van der Waals surface area contributed by atoms with E-state index in [2.05, 4.69) is 70.2 Å². The number of rotatable bonds is 2. The summed E-state index contributed by atoms with van der Waals surface area (Å²) in [4.78, 5) is 4.15. The van der Waals surface area contributed by atoms with Crippen LogP contribution in [-0.4, -0.2) is 14.7 Å². The second kappa shape index (κ2) is 5.74. The predicted octanol–water partition coefficient (Wildman–Crippen LogP) is 5.55. The van der Waals surface area contributed by atoms with Crippen LogP contribution >= 0.6 is 0 Å². The van der Waals surface area contributed by atoms with Crippen molar-refractivity contribution in [2.75, 3.05) is 0 Å². The van der Waals surface area contributed by atoms with Crippen LogP contribution in [0.15, 0.2) is 91.3 Å². The van der Waals surface area contributed by atoms with Crippen LogP contribution in [0.5, 0.6) is 5.75 Å². The van der Waals surface area contributed by atoms with Gasteiger partial charge in [0.15, 0.2) is 0 Å². The molecule has 0 unspecified atom stereocenters. The van der Waals surface area contributed by atoms with E-state index >= 15 is 0 Å². The highest BCUT2D eigenvalue weighted by Gasteiger charge is 2.13. The molecule has 0 bridgehead atoms. The summed E-state index contributed by atoms with van der Waals surface area (Å²) in [6.45, 7) is 0. The van der Waals surface area contributed by atoms with Gasteiger partial charge in [-0.2, -0.15) is 0 Å². The van der Waals surface area contributed by atoms with Gasteiger partial charge in [-0.05, 0) is 29.3 Å². The van der Waals surface area contributed by atoms with Crippen LogP contribution in [0.1, 0.15) is 0 Å². The molecule has 3 nitrogen and oxygen atoms in total. The number of benzene rings is 3. The van der Waals surface area contributed by atoms with Crippen molar-refractivity contribution in [1.82, 2.24) is 9.55 Å². The van der Waals surface area contributed by atoms with E-state index in [1.54, 1.807) is 12.3 Å². The lowest BCUT2D eigenvalue weighted by Crippen LogP contribution is -1.94. The normalized spacial score (nSPS) is 11.2. The summed E-state index contributed by atoms with van der Waals surface area (Å²) < 4.78 is 2.14. The molecule has 1 N–H and O–H groups in total. The van der Waals surface area contributed by atoms with Gasteiger partial charge in [0.2, 0.25) is 0 Å². The lowest BCUT2D eigenvalue weighted by Gasteiger charge is -2.08. The molecule has 2 aromatic heterocycles. The third-order valence-electron chi connectivity index (χ3n) is 4.75. The van der Waals surface area contributed by atoms with Crippen molar-refractivity contribution in [3.63, 3.8) is 0 Å². The van der Waals surface area contributed by atoms with E-state index in [9.17, 15) is 5.11 Å². The van der Waals surface area contributed by atoms with E-state index in [-0.39, 0.29) is 5.75 Å². The second-order valence-corrected chi connectivity index (χ2v) is 6.35. The van der Waals surface area contributed by atoms with E-state index in [1.165, 1.54) is 28.1 Å². The highest BCUT2D eigenvalue weighted by molar-refractivity contribution is 6.10. The first-order chi connectivity index (χ1) is 12.8. The average molecular weight is 336 g/mol. The number of fused-ring (bicyclic) bond motifs is 3. The van der Waals surface area contributed by atoms with Gasteiger partial charge in [0.25, 0.3) is 0 Å². The number of pyridine rings is 1. The Morgan fingerprint density at radius 2 is 1.42 bits per heavy atom. The Labute approximate surface area is 150 Å². The van der Waals surface area contributed by atoms with Crippen molar-refractivity contribution in [1.29, 1.82) is 0 Å². The Morgan fingerprint density at radius 3 is 2.27 bits per heavy atom. The summed E-state index contributed by atoms with van der Waals surface area (Å²) in [5.41, 5.74) is 5.43. The van der Waals surface area contributed by atoms with Gasteiger partial charge in [0, 0.05) is 16.8 Å². The van der Waals surface area contributed by atoms with Crippen LogP contribution in [-0.2, 0) is 0 Å². The van der Waals surface area contributed by atoms with Gasteiger partial charge >= 0.3 is 0 Å². The monoisotopic (exact) mass is 336 g/mol. The van der Waals surface area contributed by atoms with Crippen molar-refractivity contribution in [3.8, 4) is 22.6 Å². The number of nitrogens with zero attached hydrogens (tertiary/aromatic N) is 2. The fraction of sp³-hybridized carbons (Fsp3) is 0. The Kier molecular flexibility index (Phi) is 3.25. The lowest BCUT2D eigenvalue weighted by molar-refractivity contribution is 0.472. The van der Waals surface area contributed by atoms with Gasteiger partial charge in [-0.1, -0.05) is 54.6 Å². The van der Waals surface area contributed by atoms with Crippen molar-refractivity contribution < 1.29 is 5.11 Å². The zero-order valence-corrected chi connectivity index (χ0v) is 14.0. The highest BCUT2D eigenvalue weighted by atomic mass is 16.3. The summed E-state index contributed by atoms with van der Waals surface area (Å²) in [6, 6.07) is 27.0. The number of aromatic nitrogens is 2. The van der Waals surface area contributed by atoms with E-state index in [0.717, 1.165) is 16.7 Å². The van der Waals surface area contributed by atoms with E-state index < -0.39 is 0 Å². The SMILES string of the molecule is Oc1cncc(-n2c3ccccc3c3cc(-c4ccccc4)ccc32)c1. The van der Waals surface area contributed by atoms with Crippen molar-refractivity contribution >= 4 is 21.8 Å². The molecular formula is C23H16N2O. The van der Waals surface area contributed by atoms with Crippen molar-refractivity contribution in [2.24, 2.45) is 0 Å². The van der Waals surface area contributed by atoms with Crippen molar-refractivity contribution in [2.45, 2.75) is 0 Å². The molecule has 0 saturated heterocycles. The number of hydrogen-bond acceptors (Lipinski definition) is 2. The minimum Gasteiger partial charge on any atom is -0.506 e. The first-order valence-electron chi connectivity index (χ1n) is 8.54. The van der Waals surface area contributed by atoms with Gasteiger partial charge in [0.1, 0.15) is 5.75 Å². The molecule has 5 rings (SSSR count). The molecule has 0 saturated carbocycles. The number of aromatic hydroxyl groups is 1. The minimum atomic E-state index is 0.161. The molecule has 0 aliphatic rings. The Bertz CT molecular complexity index is 1240. The van der Waals surface area contributed by atoms with E-state index in [1.807, 2.05) is 12.1 Å². The molecule has 0 amide bonds. The summed E-state index contributed by atoms with van der Waals surface area (Å²) in [6.07, 6.45) is 3.22. The topological polar surface area (TPSA) is 38.1 Å². The van der Waals surface area contributed by atoms with Crippen LogP contribution in [0.2, 0.25) is 0 Å². The molecule has 0 fully saturated rings. The molecule has 0 spiro atoms. The second-order valence-electron chi connectivity index (χ2n) is 6.35. The molecule has 124 valence electrons.